The van der Waals surface area contributed by atoms with Crippen LogP contribution in [0.15, 0.2) is 86.5 Å². The number of anilines is 1. The van der Waals surface area contributed by atoms with Gasteiger partial charge in [0.1, 0.15) is 16.3 Å². The number of furan rings is 2. The maximum Gasteiger partial charge on any atom is 0.341 e. The first-order valence-electron chi connectivity index (χ1n) is 11.4. The van der Waals surface area contributed by atoms with Gasteiger partial charge in [0.2, 0.25) is 11.7 Å². The number of carbonyl (C=O) groups excluding carboxylic acids is 2. The summed E-state index contributed by atoms with van der Waals surface area (Å²) in [5.41, 5.74) is 1.90. The minimum absolute atomic E-state index is 0.0569. The van der Waals surface area contributed by atoms with Crippen LogP contribution in [0.3, 0.4) is 0 Å². The van der Waals surface area contributed by atoms with Crippen molar-refractivity contribution in [3.05, 3.63) is 83.6 Å². The molecule has 0 saturated heterocycles. The van der Waals surface area contributed by atoms with Crippen LogP contribution in [0.5, 0.6) is 0 Å². The van der Waals surface area contributed by atoms with E-state index < -0.39 is 5.97 Å². The molecule has 0 saturated carbocycles. The molecule has 37 heavy (non-hydrogen) atoms. The number of carbonyl (C=O) groups is 2. The smallest absolute Gasteiger partial charge is 0.341 e. The van der Waals surface area contributed by atoms with Crippen molar-refractivity contribution >= 4 is 40.0 Å². The lowest BCUT2D eigenvalue weighted by Crippen LogP contribution is -2.17. The van der Waals surface area contributed by atoms with E-state index in [1.165, 1.54) is 29.4 Å². The first-order chi connectivity index (χ1) is 18.1. The molecule has 0 aliphatic rings. The molecule has 0 radical (unpaired) electrons. The molecule has 0 bridgehead atoms. The van der Waals surface area contributed by atoms with E-state index in [0.29, 0.717) is 39.6 Å². The zero-order valence-electron chi connectivity index (χ0n) is 19.7. The van der Waals surface area contributed by atoms with E-state index in [1.54, 1.807) is 36.8 Å². The molecule has 188 valence electrons. The number of nitrogens with one attached hydrogen (secondary N) is 1. The first kappa shape index (κ1) is 24.6. The van der Waals surface area contributed by atoms with Crippen molar-refractivity contribution in [1.29, 1.82) is 0 Å². The van der Waals surface area contributed by atoms with E-state index in [1.807, 2.05) is 41.0 Å². The van der Waals surface area contributed by atoms with Crippen molar-refractivity contribution < 1.29 is 23.2 Å². The largest absolute Gasteiger partial charge is 0.464 e. The highest BCUT2D eigenvalue weighted by Gasteiger charge is 2.24. The van der Waals surface area contributed by atoms with E-state index in [2.05, 4.69) is 15.5 Å². The molecule has 1 aromatic carbocycles. The number of thiophene rings is 1. The Balaban J connectivity index is 1.34. The number of amides is 1. The number of ether oxygens (including phenoxy) is 1. The Morgan fingerprint density at radius 3 is 2.49 bits per heavy atom. The van der Waals surface area contributed by atoms with Gasteiger partial charge < -0.3 is 18.9 Å². The summed E-state index contributed by atoms with van der Waals surface area (Å²) in [5.74, 6) is 0.918. The fourth-order valence-corrected chi connectivity index (χ4v) is 5.35. The van der Waals surface area contributed by atoms with Crippen molar-refractivity contribution in [2.45, 2.75) is 18.6 Å². The van der Waals surface area contributed by atoms with Crippen LogP contribution >= 0.6 is 23.1 Å². The van der Waals surface area contributed by atoms with Crippen LogP contribution < -0.4 is 5.32 Å². The number of thioether (sulfide) groups is 1. The quantitative estimate of drug-likeness (QED) is 0.176. The number of aromatic nitrogens is 3. The number of hydrogen-bond acceptors (Lipinski definition) is 9. The number of nitrogens with zero attached hydrogens (tertiary/aromatic N) is 3. The fourth-order valence-electron chi connectivity index (χ4n) is 3.65. The third-order valence-electron chi connectivity index (χ3n) is 5.28. The molecule has 0 aliphatic carbocycles. The molecule has 0 spiro atoms. The molecular weight excluding hydrogens is 512 g/mol. The van der Waals surface area contributed by atoms with Gasteiger partial charge in [-0.05, 0) is 36.8 Å². The van der Waals surface area contributed by atoms with Gasteiger partial charge in [0.15, 0.2) is 10.9 Å². The highest BCUT2D eigenvalue weighted by atomic mass is 32.2. The minimum Gasteiger partial charge on any atom is -0.464 e. The van der Waals surface area contributed by atoms with Gasteiger partial charge in [0.25, 0.3) is 0 Å². The Bertz CT molecular complexity index is 1470. The summed E-state index contributed by atoms with van der Waals surface area (Å²) in [5, 5.41) is 14.2. The van der Waals surface area contributed by atoms with E-state index in [0.717, 1.165) is 5.56 Å². The van der Waals surface area contributed by atoms with E-state index >= 15 is 0 Å². The van der Waals surface area contributed by atoms with Crippen LogP contribution in [0.25, 0.3) is 22.9 Å². The molecule has 4 heterocycles. The Labute approximate surface area is 220 Å². The molecule has 0 unspecified atom stereocenters. The van der Waals surface area contributed by atoms with Crippen LogP contribution in [-0.4, -0.2) is 39.0 Å². The summed E-state index contributed by atoms with van der Waals surface area (Å²) in [6, 6.07) is 17.0. The van der Waals surface area contributed by atoms with Crippen molar-refractivity contribution in [1.82, 2.24) is 14.8 Å². The zero-order chi connectivity index (χ0) is 25.6. The van der Waals surface area contributed by atoms with Gasteiger partial charge in [-0.15, -0.1) is 21.5 Å². The second-order valence-corrected chi connectivity index (χ2v) is 9.57. The maximum absolute atomic E-state index is 12.9. The average Bonchev–Trinajstić information content (AvgIpc) is 3.71. The molecule has 11 heteroatoms. The highest BCUT2D eigenvalue weighted by molar-refractivity contribution is 7.99. The number of benzene rings is 1. The summed E-state index contributed by atoms with van der Waals surface area (Å²) >= 11 is 2.48. The number of rotatable bonds is 10. The molecule has 1 amide bonds. The Morgan fingerprint density at radius 2 is 1.78 bits per heavy atom. The summed E-state index contributed by atoms with van der Waals surface area (Å²) in [7, 11) is 0. The van der Waals surface area contributed by atoms with E-state index in [9.17, 15) is 9.59 Å². The lowest BCUT2D eigenvalue weighted by Gasteiger charge is -2.10. The van der Waals surface area contributed by atoms with Crippen LogP contribution in [0.2, 0.25) is 0 Å². The van der Waals surface area contributed by atoms with E-state index in [4.69, 9.17) is 13.6 Å². The number of hydrogen-bond donors (Lipinski definition) is 1. The maximum atomic E-state index is 12.9. The normalized spacial score (nSPS) is 10.9. The SMILES string of the molecule is CCOC(=O)c1c(-c2ccco2)csc1NC(=O)CSc1nnc(-c2ccco2)n1Cc1ccccc1. The van der Waals surface area contributed by atoms with Crippen LogP contribution in [0, 0.1) is 0 Å². The molecule has 5 rings (SSSR count). The molecular formula is C26H22N4O5S2. The van der Waals surface area contributed by atoms with Crippen molar-refractivity contribution in [3.8, 4) is 22.9 Å². The predicted molar refractivity (Wildman–Crippen MR) is 141 cm³/mol. The monoisotopic (exact) mass is 534 g/mol. The van der Waals surface area contributed by atoms with Gasteiger partial charge in [0.05, 0.1) is 31.4 Å². The van der Waals surface area contributed by atoms with Crippen molar-refractivity contribution in [3.63, 3.8) is 0 Å². The Hall–Kier alpha value is -4.09. The lowest BCUT2D eigenvalue weighted by molar-refractivity contribution is -0.113. The van der Waals surface area contributed by atoms with E-state index in [-0.39, 0.29) is 23.8 Å². The minimum atomic E-state index is -0.524. The van der Waals surface area contributed by atoms with Crippen LogP contribution in [0.4, 0.5) is 5.00 Å². The second kappa shape index (κ2) is 11.3. The summed E-state index contributed by atoms with van der Waals surface area (Å²) < 4.78 is 18.1. The van der Waals surface area contributed by atoms with Gasteiger partial charge in [-0.25, -0.2) is 4.79 Å². The molecule has 4 aromatic heterocycles. The molecule has 0 aliphatic heterocycles. The standard InChI is InChI=1S/C26H22N4O5S2/c1-2-33-25(32)22-18(19-10-6-12-34-19)15-36-24(22)27-21(31)16-37-26-29-28-23(20-11-7-13-35-20)30(26)14-17-8-4-3-5-9-17/h3-13,15H,2,14,16H2,1H3,(H,27,31). The van der Waals surface area contributed by atoms with Gasteiger partial charge >= 0.3 is 5.97 Å². The number of esters is 1. The van der Waals surface area contributed by atoms with Crippen LogP contribution in [-0.2, 0) is 16.1 Å². The van der Waals surface area contributed by atoms with Gasteiger partial charge in [-0.2, -0.15) is 0 Å². The molecule has 1 N–H and O–H groups in total. The lowest BCUT2D eigenvalue weighted by atomic mass is 10.1. The second-order valence-electron chi connectivity index (χ2n) is 7.74. The van der Waals surface area contributed by atoms with Crippen molar-refractivity contribution in [2.24, 2.45) is 0 Å². The molecule has 9 nitrogen and oxygen atoms in total. The predicted octanol–water partition coefficient (Wildman–Crippen LogP) is 5.82. The van der Waals surface area contributed by atoms with Crippen molar-refractivity contribution in [2.75, 3.05) is 17.7 Å². The first-order valence-corrected chi connectivity index (χ1v) is 13.3. The Kier molecular flexibility index (Phi) is 7.52. The van der Waals surface area contributed by atoms with Gasteiger partial charge in [0, 0.05) is 10.9 Å². The molecule has 5 aromatic rings. The summed E-state index contributed by atoms with van der Waals surface area (Å²) in [6.07, 6.45) is 3.11. The van der Waals surface area contributed by atoms with Gasteiger partial charge in [-0.3, -0.25) is 9.36 Å². The zero-order valence-corrected chi connectivity index (χ0v) is 21.4. The molecule has 0 fully saturated rings. The summed E-state index contributed by atoms with van der Waals surface area (Å²) in [6.45, 7) is 2.46. The highest BCUT2D eigenvalue weighted by Crippen LogP contribution is 2.36. The average molecular weight is 535 g/mol. The topological polar surface area (TPSA) is 112 Å². The molecule has 0 atom stereocenters. The fraction of sp³-hybridized carbons (Fsp3) is 0.154. The Morgan fingerprint density at radius 1 is 1.03 bits per heavy atom. The van der Waals surface area contributed by atoms with Crippen LogP contribution in [0.1, 0.15) is 22.8 Å². The third kappa shape index (κ3) is 5.52. The summed E-state index contributed by atoms with van der Waals surface area (Å²) in [4.78, 5) is 25.6. The van der Waals surface area contributed by atoms with Gasteiger partial charge in [-0.1, -0.05) is 42.1 Å². The third-order valence-corrected chi connectivity index (χ3v) is 7.15.